The summed E-state index contributed by atoms with van der Waals surface area (Å²) in [7, 11) is 1.52. The molecule has 0 atom stereocenters. The van der Waals surface area contributed by atoms with Crippen LogP contribution in [0.15, 0.2) is 30.3 Å². The van der Waals surface area contributed by atoms with Crippen LogP contribution in [-0.4, -0.2) is 13.4 Å². The maximum atomic E-state index is 11.2. The zero-order chi connectivity index (χ0) is 15.4. The minimum absolute atomic E-state index is 0.362. The van der Waals surface area contributed by atoms with Crippen molar-refractivity contribution >= 4 is 17.9 Å². The first-order valence-corrected chi connectivity index (χ1v) is 6.94. The van der Waals surface area contributed by atoms with Gasteiger partial charge in [-0.2, -0.15) is 0 Å². The Hall–Kier alpha value is -2.00. The zero-order valence-electron chi connectivity index (χ0n) is 12.3. The third-order valence-corrected chi connectivity index (χ3v) is 3.28. The van der Waals surface area contributed by atoms with E-state index < -0.39 is 0 Å². The molecule has 2 rings (SSSR count). The van der Waals surface area contributed by atoms with Crippen LogP contribution in [0.1, 0.15) is 27.0 Å². The van der Waals surface area contributed by atoms with Gasteiger partial charge in [0.2, 0.25) is 0 Å². The number of aldehydes is 1. The van der Waals surface area contributed by atoms with Crippen molar-refractivity contribution in [3.05, 3.63) is 57.6 Å². The number of ether oxygens (including phenoxy) is 2. The Balaban J connectivity index is 2.28. The first-order chi connectivity index (χ1) is 10.0. The van der Waals surface area contributed by atoms with E-state index in [1.54, 1.807) is 12.1 Å². The molecular formula is C17H17ClO3. The summed E-state index contributed by atoms with van der Waals surface area (Å²) in [6.45, 7) is 4.44. The Labute approximate surface area is 129 Å². The van der Waals surface area contributed by atoms with Crippen LogP contribution in [0.2, 0.25) is 5.02 Å². The highest BCUT2D eigenvalue weighted by Gasteiger charge is 2.12. The minimum Gasteiger partial charge on any atom is -0.493 e. The topological polar surface area (TPSA) is 35.5 Å². The number of carbonyl (C=O) groups is 1. The van der Waals surface area contributed by atoms with Crippen LogP contribution in [0.5, 0.6) is 11.5 Å². The molecule has 0 saturated carbocycles. The van der Waals surface area contributed by atoms with E-state index in [0.717, 1.165) is 5.56 Å². The second kappa shape index (κ2) is 6.64. The SMILES string of the molecule is COc1cc(Cl)cc(C=O)c1OCc1cc(C)cc(C)c1. The van der Waals surface area contributed by atoms with E-state index in [1.807, 2.05) is 13.8 Å². The molecule has 110 valence electrons. The standard InChI is InChI=1S/C17H17ClO3/c1-11-4-12(2)6-13(5-11)10-21-17-14(9-19)7-15(18)8-16(17)20-3/h4-9H,10H2,1-3H3. The second-order valence-electron chi connectivity index (χ2n) is 4.93. The summed E-state index contributed by atoms with van der Waals surface area (Å²) in [5, 5.41) is 0.438. The molecule has 2 aromatic rings. The molecule has 0 aliphatic heterocycles. The number of hydrogen-bond acceptors (Lipinski definition) is 3. The van der Waals surface area contributed by atoms with Crippen molar-refractivity contribution in [1.29, 1.82) is 0 Å². The van der Waals surface area contributed by atoms with E-state index in [0.29, 0.717) is 35.0 Å². The molecule has 0 heterocycles. The van der Waals surface area contributed by atoms with Crippen LogP contribution < -0.4 is 9.47 Å². The predicted molar refractivity (Wildman–Crippen MR) is 83.6 cm³/mol. The highest BCUT2D eigenvalue weighted by Crippen LogP contribution is 2.34. The van der Waals surface area contributed by atoms with Gasteiger partial charge in [0.15, 0.2) is 17.8 Å². The van der Waals surface area contributed by atoms with Crippen LogP contribution >= 0.6 is 11.6 Å². The number of aryl methyl sites for hydroxylation is 2. The number of halogens is 1. The summed E-state index contributed by atoms with van der Waals surface area (Å²) in [6, 6.07) is 9.40. The Morgan fingerprint density at radius 2 is 1.76 bits per heavy atom. The average Bonchev–Trinajstić information content (AvgIpc) is 2.43. The molecule has 0 spiro atoms. The Morgan fingerprint density at radius 3 is 2.33 bits per heavy atom. The van der Waals surface area contributed by atoms with Gasteiger partial charge in [0, 0.05) is 11.1 Å². The molecule has 0 bridgehead atoms. The summed E-state index contributed by atoms with van der Waals surface area (Å²) < 4.78 is 11.0. The van der Waals surface area contributed by atoms with Gasteiger partial charge in [-0.3, -0.25) is 4.79 Å². The lowest BCUT2D eigenvalue weighted by Crippen LogP contribution is -2.01. The van der Waals surface area contributed by atoms with Crippen molar-refractivity contribution < 1.29 is 14.3 Å². The molecule has 0 saturated heterocycles. The van der Waals surface area contributed by atoms with E-state index in [9.17, 15) is 4.79 Å². The number of carbonyl (C=O) groups excluding carboxylic acids is 1. The normalized spacial score (nSPS) is 10.3. The van der Waals surface area contributed by atoms with Gasteiger partial charge in [0.25, 0.3) is 0 Å². The molecule has 3 nitrogen and oxygen atoms in total. The van der Waals surface area contributed by atoms with Gasteiger partial charge < -0.3 is 9.47 Å². The van der Waals surface area contributed by atoms with E-state index in [2.05, 4.69) is 18.2 Å². The van der Waals surface area contributed by atoms with Gasteiger partial charge in [-0.05, 0) is 25.5 Å². The lowest BCUT2D eigenvalue weighted by molar-refractivity contribution is 0.111. The fourth-order valence-electron chi connectivity index (χ4n) is 2.29. The van der Waals surface area contributed by atoms with E-state index >= 15 is 0 Å². The summed E-state index contributed by atoms with van der Waals surface area (Å²) in [5.41, 5.74) is 3.77. The van der Waals surface area contributed by atoms with Gasteiger partial charge in [0.05, 0.1) is 12.7 Å². The van der Waals surface area contributed by atoms with Crippen LogP contribution in [0.3, 0.4) is 0 Å². The van der Waals surface area contributed by atoms with Crippen LogP contribution in [0.4, 0.5) is 0 Å². The van der Waals surface area contributed by atoms with Gasteiger partial charge in [-0.1, -0.05) is 40.9 Å². The molecule has 0 aliphatic carbocycles. The summed E-state index contributed by atoms with van der Waals surface area (Å²) in [4.78, 5) is 11.2. The fraction of sp³-hybridized carbons (Fsp3) is 0.235. The highest BCUT2D eigenvalue weighted by molar-refractivity contribution is 6.31. The molecular weight excluding hydrogens is 288 g/mol. The van der Waals surface area contributed by atoms with Crippen LogP contribution in [-0.2, 0) is 6.61 Å². The van der Waals surface area contributed by atoms with Crippen LogP contribution in [0, 0.1) is 13.8 Å². The monoisotopic (exact) mass is 304 g/mol. The lowest BCUT2D eigenvalue weighted by Gasteiger charge is -2.14. The van der Waals surface area contributed by atoms with E-state index in [1.165, 1.54) is 18.2 Å². The molecule has 0 radical (unpaired) electrons. The number of rotatable bonds is 5. The largest absolute Gasteiger partial charge is 0.493 e. The molecule has 0 aliphatic rings. The van der Waals surface area contributed by atoms with Crippen molar-refractivity contribution in [3.63, 3.8) is 0 Å². The molecule has 4 heteroatoms. The third kappa shape index (κ3) is 3.76. The summed E-state index contributed by atoms with van der Waals surface area (Å²) >= 11 is 5.94. The van der Waals surface area contributed by atoms with Gasteiger partial charge in [-0.15, -0.1) is 0 Å². The maximum Gasteiger partial charge on any atom is 0.172 e. The fourth-order valence-corrected chi connectivity index (χ4v) is 2.51. The average molecular weight is 305 g/mol. The summed E-state index contributed by atoms with van der Waals surface area (Å²) in [5.74, 6) is 0.866. The first kappa shape index (κ1) is 15.4. The number of methoxy groups -OCH3 is 1. The molecule has 0 unspecified atom stereocenters. The first-order valence-electron chi connectivity index (χ1n) is 6.56. The predicted octanol–water partition coefficient (Wildman–Crippen LogP) is 4.36. The van der Waals surface area contributed by atoms with Gasteiger partial charge >= 0.3 is 0 Å². The summed E-state index contributed by atoms with van der Waals surface area (Å²) in [6.07, 6.45) is 0.714. The zero-order valence-corrected chi connectivity index (χ0v) is 13.0. The molecule has 0 N–H and O–H groups in total. The molecule has 0 aromatic heterocycles. The van der Waals surface area contributed by atoms with Crippen molar-refractivity contribution in [2.24, 2.45) is 0 Å². The van der Waals surface area contributed by atoms with E-state index in [4.69, 9.17) is 21.1 Å². The van der Waals surface area contributed by atoms with Crippen molar-refractivity contribution in [2.45, 2.75) is 20.5 Å². The Bertz CT molecular complexity index is 645. The van der Waals surface area contributed by atoms with Crippen molar-refractivity contribution in [3.8, 4) is 11.5 Å². The van der Waals surface area contributed by atoms with Crippen LogP contribution in [0.25, 0.3) is 0 Å². The molecule has 0 amide bonds. The maximum absolute atomic E-state index is 11.2. The Kier molecular flexibility index (Phi) is 4.86. The smallest absolute Gasteiger partial charge is 0.172 e. The van der Waals surface area contributed by atoms with E-state index in [-0.39, 0.29) is 0 Å². The lowest BCUT2D eigenvalue weighted by atomic mass is 10.1. The Morgan fingerprint density at radius 1 is 1.10 bits per heavy atom. The second-order valence-corrected chi connectivity index (χ2v) is 5.37. The third-order valence-electron chi connectivity index (χ3n) is 3.06. The molecule has 21 heavy (non-hydrogen) atoms. The number of benzene rings is 2. The van der Waals surface area contributed by atoms with Gasteiger partial charge in [-0.25, -0.2) is 0 Å². The van der Waals surface area contributed by atoms with Crippen molar-refractivity contribution in [2.75, 3.05) is 7.11 Å². The minimum atomic E-state index is 0.362. The van der Waals surface area contributed by atoms with Gasteiger partial charge in [0.1, 0.15) is 6.61 Å². The highest BCUT2D eigenvalue weighted by atomic mass is 35.5. The van der Waals surface area contributed by atoms with Crippen molar-refractivity contribution in [1.82, 2.24) is 0 Å². The molecule has 2 aromatic carbocycles. The number of hydrogen-bond donors (Lipinski definition) is 0. The molecule has 0 fully saturated rings. The quantitative estimate of drug-likeness (QED) is 0.770.